The molecule has 0 spiro atoms. The van der Waals surface area contributed by atoms with Crippen LogP contribution in [0.3, 0.4) is 0 Å². The monoisotopic (exact) mass is 381 g/mol. The molecule has 0 aliphatic carbocycles. The van der Waals surface area contributed by atoms with Crippen molar-refractivity contribution in [2.45, 2.75) is 32.7 Å². The minimum absolute atomic E-state index is 0.0814. The molecule has 1 atom stereocenters. The summed E-state index contributed by atoms with van der Waals surface area (Å²) in [6.07, 6.45) is 6.31. The fourth-order valence-electron chi connectivity index (χ4n) is 3.40. The van der Waals surface area contributed by atoms with Gasteiger partial charge in [-0.05, 0) is 43.0 Å². The number of rotatable bonds is 5. The van der Waals surface area contributed by atoms with Gasteiger partial charge in [0, 0.05) is 43.5 Å². The van der Waals surface area contributed by atoms with Crippen molar-refractivity contribution in [3.8, 4) is 11.5 Å². The largest absolute Gasteiger partial charge is 0.421 e. The Labute approximate surface area is 162 Å². The summed E-state index contributed by atoms with van der Waals surface area (Å²) >= 11 is 0. The Morgan fingerprint density at radius 3 is 2.86 bits per heavy atom. The highest BCUT2D eigenvalue weighted by atomic mass is 16.4. The van der Waals surface area contributed by atoms with Crippen LogP contribution in [0.2, 0.25) is 0 Å². The molecule has 9 nitrogen and oxygen atoms in total. The number of amides is 2. The number of carbonyl (C=O) groups is 1. The topological polar surface area (TPSA) is 102 Å². The molecule has 1 aromatic carbocycles. The van der Waals surface area contributed by atoms with E-state index in [1.807, 2.05) is 47.0 Å². The van der Waals surface area contributed by atoms with E-state index in [-0.39, 0.29) is 6.03 Å². The summed E-state index contributed by atoms with van der Waals surface area (Å²) in [5.74, 6) is 1.48. The lowest BCUT2D eigenvalue weighted by Gasteiger charge is -2.32. The van der Waals surface area contributed by atoms with E-state index in [0.29, 0.717) is 30.7 Å². The van der Waals surface area contributed by atoms with Crippen molar-refractivity contribution in [2.75, 3.05) is 18.4 Å². The van der Waals surface area contributed by atoms with Gasteiger partial charge in [-0.25, -0.2) is 4.79 Å². The van der Waals surface area contributed by atoms with E-state index in [1.165, 1.54) is 0 Å². The molecule has 1 aliphatic heterocycles. The fourth-order valence-corrected chi connectivity index (χ4v) is 3.40. The van der Waals surface area contributed by atoms with E-state index < -0.39 is 0 Å². The number of nitrogens with one attached hydrogen (secondary N) is 1. The lowest BCUT2D eigenvalue weighted by Crippen LogP contribution is -2.43. The quantitative estimate of drug-likeness (QED) is 0.729. The third-order valence-corrected chi connectivity index (χ3v) is 4.88. The molecular weight excluding hydrogens is 358 g/mol. The number of carbonyl (C=O) groups excluding carboxylic acids is 1. The van der Waals surface area contributed by atoms with E-state index >= 15 is 0 Å². The molecule has 0 saturated carbocycles. The number of anilines is 1. The average Bonchev–Trinajstić information content (AvgIpc) is 3.41. The molecule has 146 valence electrons. The van der Waals surface area contributed by atoms with Crippen molar-refractivity contribution < 1.29 is 9.21 Å². The van der Waals surface area contributed by atoms with Crippen LogP contribution in [0.1, 0.15) is 25.7 Å². The summed E-state index contributed by atoms with van der Waals surface area (Å²) < 4.78 is 7.39. The van der Waals surface area contributed by atoms with Gasteiger partial charge < -0.3 is 14.6 Å². The number of aromatic nitrogens is 5. The normalized spacial score (nSPS) is 16.9. The van der Waals surface area contributed by atoms with Crippen molar-refractivity contribution in [1.82, 2.24) is 30.1 Å². The molecule has 28 heavy (non-hydrogen) atoms. The molecule has 4 rings (SSSR count). The molecule has 1 fully saturated rings. The van der Waals surface area contributed by atoms with Crippen LogP contribution in [0.15, 0.2) is 41.1 Å². The predicted octanol–water partition coefficient (Wildman–Crippen LogP) is 2.83. The number of nitrogens with zero attached hydrogens (tertiary/aromatic N) is 6. The summed E-state index contributed by atoms with van der Waals surface area (Å²) in [5, 5.41) is 18.8. The first kappa shape index (κ1) is 18.1. The second kappa shape index (κ2) is 8.20. The maximum Gasteiger partial charge on any atom is 0.321 e. The maximum absolute atomic E-state index is 12.7. The van der Waals surface area contributed by atoms with Gasteiger partial charge in [0.15, 0.2) is 0 Å². The van der Waals surface area contributed by atoms with E-state index in [1.54, 1.807) is 6.20 Å². The molecule has 0 radical (unpaired) electrons. The molecular formula is C19H23N7O2. The Kier molecular flexibility index (Phi) is 5.31. The number of likely N-dealkylation sites (tertiary alicyclic amines) is 1. The number of piperidine rings is 1. The summed E-state index contributed by atoms with van der Waals surface area (Å²) in [6, 6.07) is 7.35. The molecule has 9 heteroatoms. The van der Waals surface area contributed by atoms with Gasteiger partial charge in [-0.3, -0.25) is 4.68 Å². The van der Waals surface area contributed by atoms with Crippen molar-refractivity contribution in [3.63, 3.8) is 0 Å². The van der Waals surface area contributed by atoms with Crippen molar-refractivity contribution >= 4 is 11.7 Å². The number of benzene rings is 1. The highest BCUT2D eigenvalue weighted by Crippen LogP contribution is 2.22. The second-order valence-corrected chi connectivity index (χ2v) is 6.94. The van der Waals surface area contributed by atoms with Gasteiger partial charge in [0.25, 0.3) is 0 Å². The molecule has 2 aromatic heterocycles. The Morgan fingerprint density at radius 2 is 2.14 bits per heavy atom. The average molecular weight is 381 g/mol. The number of hydrogen-bond acceptors (Lipinski definition) is 6. The van der Waals surface area contributed by atoms with Crippen LogP contribution in [-0.4, -0.2) is 49.2 Å². The number of aryl methyl sites for hydroxylation is 1. The third kappa shape index (κ3) is 4.19. The second-order valence-electron chi connectivity index (χ2n) is 6.94. The highest BCUT2D eigenvalue weighted by molar-refractivity contribution is 5.89. The Balaban J connectivity index is 1.35. The third-order valence-electron chi connectivity index (χ3n) is 4.88. The van der Waals surface area contributed by atoms with Gasteiger partial charge in [0.05, 0.1) is 6.20 Å². The van der Waals surface area contributed by atoms with Crippen LogP contribution in [0.4, 0.5) is 10.5 Å². The van der Waals surface area contributed by atoms with Gasteiger partial charge >= 0.3 is 6.03 Å². The summed E-state index contributed by atoms with van der Waals surface area (Å²) in [5.41, 5.74) is 1.57. The maximum atomic E-state index is 12.7. The van der Waals surface area contributed by atoms with Crippen molar-refractivity contribution in [1.29, 1.82) is 0 Å². The molecule has 2 amide bonds. The number of urea groups is 1. The molecule has 3 aromatic rings. The molecule has 1 saturated heterocycles. The number of hydrogen-bond donors (Lipinski definition) is 1. The fraction of sp³-hybridized carbons (Fsp3) is 0.421. The van der Waals surface area contributed by atoms with E-state index in [9.17, 15) is 4.79 Å². The van der Waals surface area contributed by atoms with E-state index in [2.05, 4.69) is 25.8 Å². The lowest BCUT2D eigenvalue weighted by molar-refractivity contribution is 0.168. The Bertz CT molecular complexity index is 905. The Morgan fingerprint density at radius 1 is 1.29 bits per heavy atom. The summed E-state index contributed by atoms with van der Waals surface area (Å²) in [7, 11) is 0. The van der Waals surface area contributed by atoms with Crippen LogP contribution in [0.25, 0.3) is 11.5 Å². The molecule has 1 aliphatic rings. The van der Waals surface area contributed by atoms with Crippen LogP contribution in [-0.2, 0) is 13.0 Å². The summed E-state index contributed by atoms with van der Waals surface area (Å²) in [6.45, 7) is 4.22. The molecule has 1 unspecified atom stereocenters. The van der Waals surface area contributed by atoms with Crippen LogP contribution in [0, 0.1) is 5.92 Å². The first-order valence-electron chi connectivity index (χ1n) is 9.54. The SMILES string of the molecule is CCc1nnc(-c2ccc(NC(=O)N3CCCC(Cn4ccnn4)C3)cc2)o1. The molecule has 1 N–H and O–H groups in total. The zero-order valence-corrected chi connectivity index (χ0v) is 15.8. The van der Waals surface area contributed by atoms with Gasteiger partial charge in [0.1, 0.15) is 0 Å². The van der Waals surface area contributed by atoms with Crippen molar-refractivity contribution in [2.24, 2.45) is 5.92 Å². The minimum atomic E-state index is -0.0814. The summed E-state index contributed by atoms with van der Waals surface area (Å²) in [4.78, 5) is 14.5. The molecule has 3 heterocycles. The van der Waals surface area contributed by atoms with Crippen LogP contribution in [0.5, 0.6) is 0 Å². The minimum Gasteiger partial charge on any atom is -0.421 e. The lowest BCUT2D eigenvalue weighted by atomic mass is 9.98. The zero-order valence-electron chi connectivity index (χ0n) is 15.8. The van der Waals surface area contributed by atoms with E-state index in [0.717, 1.165) is 37.2 Å². The molecule has 0 bridgehead atoms. The van der Waals surface area contributed by atoms with Crippen molar-refractivity contribution in [3.05, 3.63) is 42.5 Å². The zero-order chi connectivity index (χ0) is 19.3. The van der Waals surface area contributed by atoms with Gasteiger partial charge in [-0.1, -0.05) is 12.1 Å². The first-order valence-corrected chi connectivity index (χ1v) is 9.54. The van der Waals surface area contributed by atoms with Crippen LogP contribution >= 0.6 is 0 Å². The highest BCUT2D eigenvalue weighted by Gasteiger charge is 2.24. The van der Waals surface area contributed by atoms with Gasteiger partial charge in [0.2, 0.25) is 11.8 Å². The Hall–Kier alpha value is -3.23. The standard InChI is InChI=1S/C19H23N7O2/c1-2-17-22-23-18(28-17)15-5-7-16(8-6-15)21-19(27)25-10-3-4-14(12-25)13-26-11-9-20-24-26/h5-9,11,14H,2-4,10,12-13H2,1H3,(H,21,27). The first-order chi connectivity index (χ1) is 13.7. The smallest absolute Gasteiger partial charge is 0.321 e. The predicted molar refractivity (Wildman–Crippen MR) is 102 cm³/mol. The van der Waals surface area contributed by atoms with E-state index in [4.69, 9.17) is 4.42 Å². The van der Waals surface area contributed by atoms with Gasteiger partial charge in [-0.2, -0.15) is 0 Å². The van der Waals surface area contributed by atoms with Gasteiger partial charge in [-0.15, -0.1) is 15.3 Å². The van der Waals surface area contributed by atoms with Crippen LogP contribution < -0.4 is 5.32 Å².